The molecule has 1 rings (SSSR count). The van der Waals surface area contributed by atoms with Crippen molar-refractivity contribution in [3.05, 3.63) is 29.8 Å². The van der Waals surface area contributed by atoms with Gasteiger partial charge in [0.2, 0.25) is 0 Å². The van der Waals surface area contributed by atoms with Gasteiger partial charge in [0.15, 0.2) is 0 Å². The van der Waals surface area contributed by atoms with E-state index in [9.17, 15) is 5.11 Å². The Morgan fingerprint density at radius 1 is 1.31 bits per heavy atom. The lowest BCUT2D eigenvalue weighted by molar-refractivity contribution is -0.00231. The van der Waals surface area contributed by atoms with Crippen LogP contribution in [-0.4, -0.2) is 23.1 Å². The molecule has 0 saturated heterocycles. The summed E-state index contributed by atoms with van der Waals surface area (Å²) in [5, 5.41) is 18.6. The normalized spacial score (nSPS) is 15.4. The lowest BCUT2D eigenvalue weighted by Crippen LogP contribution is -2.25. The van der Waals surface area contributed by atoms with Gasteiger partial charge in [-0.3, -0.25) is 0 Å². The van der Waals surface area contributed by atoms with Gasteiger partial charge >= 0.3 is 0 Å². The number of thioether (sulfide) groups is 1. The van der Waals surface area contributed by atoms with Crippen molar-refractivity contribution in [1.29, 1.82) is 0 Å². The summed E-state index contributed by atoms with van der Waals surface area (Å²) >= 11 is 1.65. The highest BCUT2D eigenvalue weighted by Gasteiger charge is 2.21. The zero-order chi connectivity index (χ0) is 9.90. The molecule has 1 aromatic rings. The molecule has 0 aromatic heterocycles. The van der Waals surface area contributed by atoms with Crippen molar-refractivity contribution in [3.63, 3.8) is 0 Å². The summed E-state index contributed by atoms with van der Waals surface area (Å²) in [6.07, 6.45) is 2.00. The molecule has 0 aliphatic rings. The number of hydrogen-bond donors (Lipinski definition) is 2. The van der Waals surface area contributed by atoms with Gasteiger partial charge in [0, 0.05) is 4.90 Å². The fourth-order valence-electron chi connectivity index (χ4n) is 1.04. The second kappa shape index (κ2) is 4.13. The van der Waals surface area contributed by atoms with Gasteiger partial charge < -0.3 is 10.2 Å². The molecule has 0 heterocycles. The molecule has 1 aromatic carbocycles. The predicted molar refractivity (Wildman–Crippen MR) is 54.9 cm³/mol. The summed E-state index contributed by atoms with van der Waals surface area (Å²) in [6.45, 7) is 1.34. The van der Waals surface area contributed by atoms with E-state index in [-0.39, 0.29) is 6.61 Å². The molecule has 2 N–H and O–H groups in total. The zero-order valence-corrected chi connectivity index (χ0v) is 8.64. The topological polar surface area (TPSA) is 40.5 Å². The second-order valence-corrected chi connectivity index (χ2v) is 4.04. The first kappa shape index (κ1) is 10.6. The van der Waals surface area contributed by atoms with Crippen molar-refractivity contribution in [2.45, 2.75) is 17.4 Å². The first-order valence-electron chi connectivity index (χ1n) is 4.08. The van der Waals surface area contributed by atoms with Gasteiger partial charge in [-0.15, -0.1) is 11.8 Å². The Labute approximate surface area is 82.6 Å². The Hall–Kier alpha value is -0.510. The van der Waals surface area contributed by atoms with E-state index in [1.807, 2.05) is 30.5 Å². The van der Waals surface area contributed by atoms with Gasteiger partial charge in [0.05, 0.1) is 6.61 Å². The molecule has 13 heavy (non-hydrogen) atoms. The van der Waals surface area contributed by atoms with Crippen LogP contribution in [0.3, 0.4) is 0 Å². The predicted octanol–water partition coefficient (Wildman–Crippen LogP) is 1.61. The Morgan fingerprint density at radius 2 is 1.85 bits per heavy atom. The van der Waals surface area contributed by atoms with Crippen molar-refractivity contribution < 1.29 is 10.2 Å². The quantitative estimate of drug-likeness (QED) is 0.725. The van der Waals surface area contributed by atoms with Gasteiger partial charge in [-0.25, -0.2) is 0 Å². The fraction of sp³-hybridized carbons (Fsp3) is 0.400. The molecular formula is C10H14O2S. The highest BCUT2D eigenvalue weighted by atomic mass is 32.2. The van der Waals surface area contributed by atoms with E-state index in [1.54, 1.807) is 18.7 Å². The van der Waals surface area contributed by atoms with Gasteiger partial charge in [-0.05, 0) is 30.9 Å². The SMILES string of the molecule is CSc1ccc(C(C)(O)CO)cc1. The Bertz CT molecular complexity index is 267. The number of rotatable bonds is 3. The van der Waals surface area contributed by atoms with Crippen LogP contribution in [0.25, 0.3) is 0 Å². The summed E-state index contributed by atoms with van der Waals surface area (Å²) < 4.78 is 0. The van der Waals surface area contributed by atoms with Gasteiger partial charge in [-0.2, -0.15) is 0 Å². The molecule has 0 aliphatic heterocycles. The first-order chi connectivity index (χ1) is 6.10. The first-order valence-corrected chi connectivity index (χ1v) is 5.30. The molecule has 0 saturated carbocycles. The Morgan fingerprint density at radius 3 is 2.23 bits per heavy atom. The number of hydrogen-bond acceptors (Lipinski definition) is 3. The molecule has 0 amide bonds. The van der Waals surface area contributed by atoms with Crippen molar-refractivity contribution in [3.8, 4) is 0 Å². The molecule has 72 valence electrons. The van der Waals surface area contributed by atoms with Crippen LogP contribution in [0.5, 0.6) is 0 Å². The molecule has 0 bridgehead atoms. The van der Waals surface area contributed by atoms with Gasteiger partial charge in [0.25, 0.3) is 0 Å². The molecule has 1 unspecified atom stereocenters. The average molecular weight is 198 g/mol. The van der Waals surface area contributed by atoms with E-state index in [4.69, 9.17) is 5.11 Å². The number of aliphatic hydroxyl groups excluding tert-OH is 1. The second-order valence-electron chi connectivity index (χ2n) is 3.16. The van der Waals surface area contributed by atoms with Crippen molar-refractivity contribution in [2.24, 2.45) is 0 Å². The van der Waals surface area contributed by atoms with Crippen molar-refractivity contribution in [1.82, 2.24) is 0 Å². The van der Waals surface area contributed by atoms with Crippen LogP contribution in [0.4, 0.5) is 0 Å². The van der Waals surface area contributed by atoms with Crippen LogP contribution < -0.4 is 0 Å². The summed E-state index contributed by atoms with van der Waals surface area (Å²) in [4.78, 5) is 1.15. The maximum Gasteiger partial charge on any atom is 0.110 e. The lowest BCUT2D eigenvalue weighted by atomic mass is 9.97. The Balaban J connectivity index is 2.92. The third-order valence-corrected chi connectivity index (χ3v) is 2.76. The fourth-order valence-corrected chi connectivity index (χ4v) is 1.45. The minimum atomic E-state index is -1.13. The molecule has 0 fully saturated rings. The van der Waals surface area contributed by atoms with Crippen LogP contribution in [0, 0.1) is 0 Å². The van der Waals surface area contributed by atoms with E-state index in [1.165, 1.54) is 0 Å². The maximum absolute atomic E-state index is 9.70. The third-order valence-electron chi connectivity index (χ3n) is 2.02. The van der Waals surface area contributed by atoms with E-state index in [2.05, 4.69) is 0 Å². The van der Waals surface area contributed by atoms with Crippen LogP contribution in [0.15, 0.2) is 29.2 Å². The lowest BCUT2D eigenvalue weighted by Gasteiger charge is -2.20. The van der Waals surface area contributed by atoms with E-state index < -0.39 is 5.60 Å². The van der Waals surface area contributed by atoms with Crippen LogP contribution >= 0.6 is 11.8 Å². The average Bonchev–Trinajstić information content (AvgIpc) is 2.18. The highest BCUT2D eigenvalue weighted by Crippen LogP contribution is 2.22. The summed E-state index contributed by atoms with van der Waals surface area (Å²) in [7, 11) is 0. The molecule has 0 spiro atoms. The molecule has 2 nitrogen and oxygen atoms in total. The molecular weight excluding hydrogens is 184 g/mol. The number of aliphatic hydroxyl groups is 2. The van der Waals surface area contributed by atoms with Crippen LogP contribution in [-0.2, 0) is 5.60 Å². The van der Waals surface area contributed by atoms with Crippen molar-refractivity contribution in [2.75, 3.05) is 12.9 Å². The van der Waals surface area contributed by atoms with Crippen LogP contribution in [0.2, 0.25) is 0 Å². The van der Waals surface area contributed by atoms with E-state index in [0.29, 0.717) is 0 Å². The highest BCUT2D eigenvalue weighted by molar-refractivity contribution is 7.98. The molecule has 3 heteroatoms. The minimum Gasteiger partial charge on any atom is -0.393 e. The zero-order valence-electron chi connectivity index (χ0n) is 7.82. The molecule has 1 atom stereocenters. The van der Waals surface area contributed by atoms with Crippen molar-refractivity contribution >= 4 is 11.8 Å². The van der Waals surface area contributed by atoms with Gasteiger partial charge in [-0.1, -0.05) is 12.1 Å². The standard InChI is InChI=1S/C10H14O2S/c1-10(12,7-11)8-3-5-9(13-2)6-4-8/h3-6,11-12H,7H2,1-2H3. The summed E-state index contributed by atoms with van der Waals surface area (Å²) in [5.41, 5.74) is -0.385. The number of benzene rings is 1. The van der Waals surface area contributed by atoms with E-state index >= 15 is 0 Å². The van der Waals surface area contributed by atoms with E-state index in [0.717, 1.165) is 10.5 Å². The molecule has 0 aliphatic carbocycles. The monoisotopic (exact) mass is 198 g/mol. The summed E-state index contributed by atoms with van der Waals surface area (Å²) in [5.74, 6) is 0. The van der Waals surface area contributed by atoms with Gasteiger partial charge in [0.1, 0.15) is 5.60 Å². The third kappa shape index (κ3) is 2.46. The minimum absolute atomic E-state index is 0.258. The smallest absolute Gasteiger partial charge is 0.110 e. The Kier molecular flexibility index (Phi) is 3.36. The largest absolute Gasteiger partial charge is 0.393 e. The maximum atomic E-state index is 9.70. The molecule has 0 radical (unpaired) electrons. The summed E-state index contributed by atoms with van der Waals surface area (Å²) in [6, 6.07) is 7.54. The van der Waals surface area contributed by atoms with Crippen LogP contribution in [0.1, 0.15) is 12.5 Å².